The van der Waals surface area contributed by atoms with Crippen LogP contribution in [0.3, 0.4) is 0 Å². The molecule has 1 aliphatic heterocycles. The molecule has 1 fully saturated rings. The van der Waals surface area contributed by atoms with Crippen LogP contribution in [0, 0.1) is 5.41 Å². The lowest BCUT2D eigenvalue weighted by Gasteiger charge is -2.24. The van der Waals surface area contributed by atoms with E-state index < -0.39 is 11.4 Å². The molecular weight excluding hydrogens is 322 g/mol. The average molecular weight is 341 g/mol. The van der Waals surface area contributed by atoms with E-state index in [1.165, 1.54) is 24.5 Å². The third-order valence-corrected chi connectivity index (χ3v) is 4.51. The van der Waals surface area contributed by atoms with Gasteiger partial charge in [-0.05, 0) is 6.42 Å². The molecule has 130 valence electrons. The fourth-order valence-corrected chi connectivity index (χ4v) is 3.16. The number of carbonyl (C=O) groups is 2. The first-order valence-electron chi connectivity index (χ1n) is 7.94. The lowest BCUT2D eigenvalue weighted by molar-refractivity contribution is -0.151. The molecule has 25 heavy (non-hydrogen) atoms. The molecule has 3 rings (SSSR count). The van der Waals surface area contributed by atoms with Crippen molar-refractivity contribution in [2.24, 2.45) is 5.41 Å². The standard InChI is InChI=1S/C18H19N3O4/c1-25-11-18(17(23)24)7-8-21(10-18)16(22)14-9-19-12-20-15(14)13-5-3-2-4-6-13/h2-6,9,12H,7-8,10-11H2,1H3,(H,23,24). The van der Waals surface area contributed by atoms with Gasteiger partial charge < -0.3 is 14.7 Å². The molecule has 7 heteroatoms. The van der Waals surface area contributed by atoms with Crippen molar-refractivity contribution in [1.29, 1.82) is 0 Å². The van der Waals surface area contributed by atoms with E-state index in [0.717, 1.165) is 5.56 Å². The quantitative estimate of drug-likeness (QED) is 0.890. The topological polar surface area (TPSA) is 92.6 Å². The Hall–Kier alpha value is -2.80. The Bertz CT molecular complexity index is 781. The van der Waals surface area contributed by atoms with Gasteiger partial charge in [0.15, 0.2) is 0 Å². The largest absolute Gasteiger partial charge is 0.481 e. The number of rotatable bonds is 5. The maximum Gasteiger partial charge on any atom is 0.313 e. The summed E-state index contributed by atoms with van der Waals surface area (Å²) in [6, 6.07) is 9.37. The van der Waals surface area contributed by atoms with Crippen molar-refractivity contribution < 1.29 is 19.4 Å². The average Bonchev–Trinajstić information content (AvgIpc) is 3.08. The Morgan fingerprint density at radius 1 is 1.32 bits per heavy atom. The van der Waals surface area contributed by atoms with Gasteiger partial charge in [0.2, 0.25) is 0 Å². The number of nitrogens with zero attached hydrogens (tertiary/aromatic N) is 3. The van der Waals surface area contributed by atoms with Crippen LogP contribution in [0.25, 0.3) is 11.3 Å². The summed E-state index contributed by atoms with van der Waals surface area (Å²) in [6.07, 6.45) is 3.24. The number of benzene rings is 1. The van der Waals surface area contributed by atoms with Crippen molar-refractivity contribution in [2.75, 3.05) is 26.8 Å². The van der Waals surface area contributed by atoms with Crippen LogP contribution in [0.4, 0.5) is 0 Å². The minimum absolute atomic E-state index is 0.0724. The van der Waals surface area contributed by atoms with Gasteiger partial charge in [0.05, 0.1) is 17.9 Å². The van der Waals surface area contributed by atoms with Gasteiger partial charge in [-0.2, -0.15) is 0 Å². The van der Waals surface area contributed by atoms with Crippen molar-refractivity contribution in [3.05, 3.63) is 48.4 Å². The zero-order chi connectivity index (χ0) is 17.9. The predicted octanol–water partition coefficient (Wildman–Crippen LogP) is 1.71. The maximum atomic E-state index is 13.0. The van der Waals surface area contributed by atoms with Gasteiger partial charge in [-0.3, -0.25) is 9.59 Å². The molecule has 1 saturated heterocycles. The summed E-state index contributed by atoms with van der Waals surface area (Å²) in [5.41, 5.74) is 0.661. The third-order valence-electron chi connectivity index (χ3n) is 4.51. The van der Waals surface area contributed by atoms with Crippen LogP contribution in [0.2, 0.25) is 0 Å². The first kappa shape index (κ1) is 17.0. The van der Waals surface area contributed by atoms with Crippen molar-refractivity contribution >= 4 is 11.9 Å². The van der Waals surface area contributed by atoms with Crippen molar-refractivity contribution in [3.8, 4) is 11.3 Å². The smallest absolute Gasteiger partial charge is 0.313 e. The lowest BCUT2D eigenvalue weighted by atomic mass is 9.88. The summed E-state index contributed by atoms with van der Waals surface area (Å²) in [4.78, 5) is 34.4. The second-order valence-electron chi connectivity index (χ2n) is 6.15. The van der Waals surface area contributed by atoms with Gasteiger partial charge in [-0.15, -0.1) is 0 Å². The number of ether oxygens (including phenoxy) is 1. The number of carboxylic acid groups (broad SMARTS) is 1. The van der Waals surface area contributed by atoms with E-state index in [1.54, 1.807) is 0 Å². The lowest BCUT2D eigenvalue weighted by Crippen LogP contribution is -2.40. The molecule has 1 aliphatic rings. The predicted molar refractivity (Wildman–Crippen MR) is 89.9 cm³/mol. The summed E-state index contributed by atoms with van der Waals surface area (Å²) in [6.45, 7) is 0.540. The number of carboxylic acids is 1. The fourth-order valence-electron chi connectivity index (χ4n) is 3.16. The van der Waals surface area contributed by atoms with Crippen LogP contribution in [-0.4, -0.2) is 58.7 Å². The zero-order valence-electron chi connectivity index (χ0n) is 13.9. The number of carbonyl (C=O) groups excluding carboxylic acids is 1. The number of amides is 1. The number of aliphatic carboxylic acids is 1. The van der Waals surface area contributed by atoms with E-state index in [1.807, 2.05) is 30.3 Å². The Kier molecular flexibility index (Phi) is 4.76. The molecule has 1 atom stereocenters. The van der Waals surface area contributed by atoms with Gasteiger partial charge >= 0.3 is 5.97 Å². The van der Waals surface area contributed by atoms with Crippen LogP contribution < -0.4 is 0 Å². The Morgan fingerprint density at radius 2 is 2.08 bits per heavy atom. The Balaban J connectivity index is 1.89. The SMILES string of the molecule is COCC1(C(=O)O)CCN(C(=O)c2cncnc2-c2ccccc2)C1. The normalized spacial score (nSPS) is 19.8. The zero-order valence-corrected chi connectivity index (χ0v) is 13.9. The molecule has 0 bridgehead atoms. The first-order chi connectivity index (χ1) is 12.1. The van der Waals surface area contributed by atoms with E-state index in [9.17, 15) is 14.7 Å². The van der Waals surface area contributed by atoms with Crippen LogP contribution in [0.1, 0.15) is 16.8 Å². The molecule has 1 aromatic heterocycles. The fraction of sp³-hybridized carbons (Fsp3) is 0.333. The van der Waals surface area contributed by atoms with E-state index in [0.29, 0.717) is 24.2 Å². The molecule has 0 saturated carbocycles. The molecule has 2 heterocycles. The number of hydrogen-bond acceptors (Lipinski definition) is 5. The van der Waals surface area contributed by atoms with Gasteiger partial charge in [0.1, 0.15) is 11.7 Å². The molecule has 1 amide bonds. The molecule has 1 aromatic carbocycles. The van der Waals surface area contributed by atoms with Gasteiger partial charge in [0.25, 0.3) is 5.91 Å². The summed E-state index contributed by atoms with van der Waals surface area (Å²) in [7, 11) is 1.47. The number of methoxy groups -OCH3 is 1. The van der Waals surface area contributed by atoms with E-state index in [2.05, 4.69) is 9.97 Å². The summed E-state index contributed by atoms with van der Waals surface area (Å²) >= 11 is 0. The monoisotopic (exact) mass is 341 g/mol. The van der Waals surface area contributed by atoms with Gasteiger partial charge in [0, 0.05) is 32.0 Å². The molecular formula is C18H19N3O4. The summed E-state index contributed by atoms with van der Waals surface area (Å²) in [5.74, 6) is -1.21. The third kappa shape index (κ3) is 3.23. The Morgan fingerprint density at radius 3 is 2.76 bits per heavy atom. The summed E-state index contributed by atoms with van der Waals surface area (Å²) < 4.78 is 5.07. The van der Waals surface area contributed by atoms with E-state index in [4.69, 9.17) is 4.74 Å². The summed E-state index contributed by atoms with van der Waals surface area (Å²) in [5, 5.41) is 9.55. The minimum Gasteiger partial charge on any atom is -0.481 e. The van der Waals surface area contributed by atoms with Crippen molar-refractivity contribution in [2.45, 2.75) is 6.42 Å². The van der Waals surface area contributed by atoms with Crippen LogP contribution >= 0.6 is 0 Å². The maximum absolute atomic E-state index is 13.0. The number of hydrogen-bond donors (Lipinski definition) is 1. The second-order valence-corrected chi connectivity index (χ2v) is 6.15. The number of likely N-dealkylation sites (tertiary alicyclic amines) is 1. The van der Waals surface area contributed by atoms with Crippen molar-refractivity contribution in [1.82, 2.24) is 14.9 Å². The molecule has 1 N–H and O–H groups in total. The van der Waals surface area contributed by atoms with Crippen LogP contribution in [-0.2, 0) is 9.53 Å². The second kappa shape index (κ2) is 6.98. The first-order valence-corrected chi connectivity index (χ1v) is 7.94. The minimum atomic E-state index is -1.06. The van der Waals surface area contributed by atoms with E-state index in [-0.39, 0.29) is 19.1 Å². The number of aromatic nitrogens is 2. The highest BCUT2D eigenvalue weighted by Crippen LogP contribution is 2.33. The van der Waals surface area contributed by atoms with Crippen molar-refractivity contribution in [3.63, 3.8) is 0 Å². The molecule has 0 radical (unpaired) electrons. The highest BCUT2D eigenvalue weighted by Gasteiger charge is 2.46. The highest BCUT2D eigenvalue weighted by atomic mass is 16.5. The molecule has 0 spiro atoms. The molecule has 0 aliphatic carbocycles. The van der Waals surface area contributed by atoms with E-state index >= 15 is 0 Å². The van der Waals surface area contributed by atoms with Gasteiger partial charge in [-0.1, -0.05) is 30.3 Å². The highest BCUT2D eigenvalue weighted by molar-refractivity contribution is 6.00. The molecule has 1 unspecified atom stereocenters. The Labute approximate surface area is 145 Å². The van der Waals surface area contributed by atoms with Crippen LogP contribution in [0.15, 0.2) is 42.9 Å². The molecule has 7 nitrogen and oxygen atoms in total. The van der Waals surface area contributed by atoms with Gasteiger partial charge in [-0.25, -0.2) is 9.97 Å². The van der Waals surface area contributed by atoms with Crippen LogP contribution in [0.5, 0.6) is 0 Å². The molecule has 2 aromatic rings.